The van der Waals surface area contributed by atoms with Gasteiger partial charge in [-0.3, -0.25) is 0 Å². The minimum absolute atomic E-state index is 0.0992. The van der Waals surface area contributed by atoms with Crippen LogP contribution in [0.25, 0.3) is 11.1 Å². The summed E-state index contributed by atoms with van der Waals surface area (Å²) in [4.78, 5) is 6.68. The molecule has 0 radical (unpaired) electrons. The first kappa shape index (κ1) is 11.5. The quantitative estimate of drug-likeness (QED) is 0.872. The number of aliphatic hydroxyl groups excluding tert-OH is 1. The third-order valence-electron chi connectivity index (χ3n) is 3.15. The summed E-state index contributed by atoms with van der Waals surface area (Å²) < 4.78 is 11.0. The number of nitrogens with zero attached hydrogens (tertiary/aromatic N) is 2. The van der Waals surface area contributed by atoms with Crippen LogP contribution < -0.4 is 4.90 Å². The molecule has 0 atom stereocenters. The number of aryl methyl sites for hydroxylation is 1. The monoisotopic (exact) mass is 248 g/mol. The lowest BCUT2D eigenvalue weighted by molar-refractivity contribution is 0.122. The molecular weight excluding hydrogens is 232 g/mol. The molecule has 0 bridgehead atoms. The number of aliphatic hydroxyl groups is 1. The van der Waals surface area contributed by atoms with E-state index in [4.69, 9.17) is 14.3 Å². The van der Waals surface area contributed by atoms with Crippen molar-refractivity contribution in [1.29, 1.82) is 0 Å². The molecule has 96 valence electrons. The van der Waals surface area contributed by atoms with Gasteiger partial charge in [0.25, 0.3) is 0 Å². The summed E-state index contributed by atoms with van der Waals surface area (Å²) in [5.41, 5.74) is 3.56. The summed E-state index contributed by atoms with van der Waals surface area (Å²) in [7, 11) is 0. The number of ether oxygens (including phenoxy) is 1. The van der Waals surface area contributed by atoms with Crippen molar-refractivity contribution in [3.63, 3.8) is 0 Å². The number of fused-ring (bicyclic) bond motifs is 1. The molecule has 1 saturated heterocycles. The van der Waals surface area contributed by atoms with Gasteiger partial charge in [0.15, 0.2) is 5.58 Å². The zero-order valence-electron chi connectivity index (χ0n) is 10.3. The molecule has 0 aliphatic carbocycles. The maximum absolute atomic E-state index is 9.15. The zero-order valence-corrected chi connectivity index (χ0v) is 10.3. The van der Waals surface area contributed by atoms with E-state index >= 15 is 0 Å². The Hall–Kier alpha value is -1.59. The maximum atomic E-state index is 9.15. The Morgan fingerprint density at radius 1 is 1.33 bits per heavy atom. The number of pyridine rings is 1. The van der Waals surface area contributed by atoms with Crippen LogP contribution in [0.3, 0.4) is 0 Å². The SMILES string of the molecule is Cc1cc(N2CCOCC2)c2oc(CO)cc2n1. The van der Waals surface area contributed by atoms with Crippen LogP contribution in [0.4, 0.5) is 5.69 Å². The Morgan fingerprint density at radius 2 is 2.11 bits per heavy atom. The third kappa shape index (κ3) is 1.95. The van der Waals surface area contributed by atoms with E-state index in [-0.39, 0.29) is 6.61 Å². The minimum Gasteiger partial charge on any atom is -0.455 e. The van der Waals surface area contributed by atoms with E-state index in [0.717, 1.165) is 48.8 Å². The van der Waals surface area contributed by atoms with E-state index in [0.29, 0.717) is 5.76 Å². The van der Waals surface area contributed by atoms with Gasteiger partial charge in [0, 0.05) is 24.8 Å². The second-order valence-electron chi connectivity index (χ2n) is 4.47. The van der Waals surface area contributed by atoms with Gasteiger partial charge in [0.2, 0.25) is 0 Å². The Balaban J connectivity index is 2.10. The fraction of sp³-hybridized carbons (Fsp3) is 0.462. The average molecular weight is 248 g/mol. The summed E-state index contributed by atoms with van der Waals surface area (Å²) in [5.74, 6) is 0.553. The second-order valence-corrected chi connectivity index (χ2v) is 4.47. The van der Waals surface area contributed by atoms with Gasteiger partial charge in [-0.1, -0.05) is 0 Å². The molecule has 3 rings (SSSR count). The average Bonchev–Trinajstić information content (AvgIpc) is 2.81. The van der Waals surface area contributed by atoms with Crippen LogP contribution in [0.1, 0.15) is 11.5 Å². The van der Waals surface area contributed by atoms with Crippen molar-refractivity contribution in [1.82, 2.24) is 4.98 Å². The lowest BCUT2D eigenvalue weighted by Crippen LogP contribution is -2.36. The molecule has 1 aliphatic heterocycles. The molecule has 0 aromatic carbocycles. The van der Waals surface area contributed by atoms with E-state index < -0.39 is 0 Å². The van der Waals surface area contributed by atoms with Gasteiger partial charge >= 0.3 is 0 Å². The molecule has 0 spiro atoms. The molecule has 1 aliphatic rings. The van der Waals surface area contributed by atoms with Crippen LogP contribution in [0.2, 0.25) is 0 Å². The molecule has 5 heteroatoms. The predicted molar refractivity (Wildman–Crippen MR) is 67.7 cm³/mol. The summed E-state index contributed by atoms with van der Waals surface area (Å²) in [6.45, 7) is 5.04. The highest BCUT2D eigenvalue weighted by Gasteiger charge is 2.18. The van der Waals surface area contributed by atoms with Crippen molar-refractivity contribution < 1.29 is 14.3 Å². The highest BCUT2D eigenvalue weighted by atomic mass is 16.5. The van der Waals surface area contributed by atoms with Gasteiger partial charge in [-0.15, -0.1) is 0 Å². The molecule has 0 amide bonds. The molecule has 2 aromatic heterocycles. The Morgan fingerprint density at radius 3 is 2.83 bits per heavy atom. The highest BCUT2D eigenvalue weighted by Crippen LogP contribution is 2.30. The molecule has 1 N–H and O–H groups in total. The minimum atomic E-state index is -0.0992. The van der Waals surface area contributed by atoms with E-state index in [1.165, 1.54) is 0 Å². The van der Waals surface area contributed by atoms with Crippen LogP contribution in [0.15, 0.2) is 16.5 Å². The molecule has 0 saturated carbocycles. The van der Waals surface area contributed by atoms with Crippen LogP contribution in [-0.4, -0.2) is 36.4 Å². The lowest BCUT2D eigenvalue weighted by Gasteiger charge is -2.28. The zero-order chi connectivity index (χ0) is 12.5. The van der Waals surface area contributed by atoms with Crippen molar-refractivity contribution in [2.24, 2.45) is 0 Å². The molecule has 18 heavy (non-hydrogen) atoms. The van der Waals surface area contributed by atoms with Crippen LogP contribution in [-0.2, 0) is 11.3 Å². The fourth-order valence-electron chi connectivity index (χ4n) is 2.30. The summed E-state index contributed by atoms with van der Waals surface area (Å²) in [6, 6.07) is 3.82. The summed E-state index contributed by atoms with van der Waals surface area (Å²) >= 11 is 0. The number of hydrogen-bond acceptors (Lipinski definition) is 5. The van der Waals surface area contributed by atoms with Gasteiger partial charge < -0.3 is 19.2 Å². The summed E-state index contributed by atoms with van der Waals surface area (Å²) in [5, 5.41) is 9.15. The third-order valence-corrected chi connectivity index (χ3v) is 3.15. The van der Waals surface area contributed by atoms with Crippen LogP contribution >= 0.6 is 0 Å². The van der Waals surface area contributed by atoms with Crippen molar-refractivity contribution in [2.75, 3.05) is 31.2 Å². The van der Waals surface area contributed by atoms with E-state index in [9.17, 15) is 0 Å². The number of hydrogen-bond donors (Lipinski definition) is 1. The van der Waals surface area contributed by atoms with Gasteiger partial charge in [-0.25, -0.2) is 4.98 Å². The summed E-state index contributed by atoms with van der Waals surface area (Å²) in [6.07, 6.45) is 0. The predicted octanol–water partition coefficient (Wildman–Crippen LogP) is 1.47. The molecule has 2 aromatic rings. The normalized spacial score (nSPS) is 16.4. The van der Waals surface area contributed by atoms with E-state index in [1.807, 2.05) is 13.0 Å². The smallest absolute Gasteiger partial charge is 0.176 e. The topological polar surface area (TPSA) is 58.7 Å². The number of furan rings is 1. The van der Waals surface area contributed by atoms with Gasteiger partial charge in [0.05, 0.1) is 18.9 Å². The number of anilines is 1. The fourth-order valence-corrected chi connectivity index (χ4v) is 2.30. The Kier molecular flexibility index (Phi) is 2.93. The first-order valence-corrected chi connectivity index (χ1v) is 6.11. The van der Waals surface area contributed by atoms with Crippen molar-refractivity contribution >= 4 is 16.8 Å². The first-order valence-electron chi connectivity index (χ1n) is 6.11. The number of morpholine rings is 1. The van der Waals surface area contributed by atoms with Crippen LogP contribution in [0, 0.1) is 6.92 Å². The van der Waals surface area contributed by atoms with Gasteiger partial charge in [-0.05, 0) is 13.0 Å². The van der Waals surface area contributed by atoms with Crippen molar-refractivity contribution in [3.05, 3.63) is 23.6 Å². The highest BCUT2D eigenvalue weighted by molar-refractivity contribution is 5.87. The van der Waals surface area contributed by atoms with Crippen molar-refractivity contribution in [2.45, 2.75) is 13.5 Å². The molecule has 1 fully saturated rings. The molecular formula is C13H16N2O3. The van der Waals surface area contributed by atoms with E-state index in [1.54, 1.807) is 6.07 Å². The molecule has 5 nitrogen and oxygen atoms in total. The Bertz CT molecular complexity index is 559. The molecule has 0 unspecified atom stereocenters. The largest absolute Gasteiger partial charge is 0.455 e. The van der Waals surface area contributed by atoms with Crippen molar-refractivity contribution in [3.8, 4) is 0 Å². The van der Waals surface area contributed by atoms with Crippen LogP contribution in [0.5, 0.6) is 0 Å². The number of rotatable bonds is 2. The van der Waals surface area contributed by atoms with E-state index in [2.05, 4.69) is 9.88 Å². The lowest BCUT2D eigenvalue weighted by atomic mass is 10.2. The van der Waals surface area contributed by atoms with Gasteiger partial charge in [0.1, 0.15) is 17.9 Å². The maximum Gasteiger partial charge on any atom is 0.176 e. The number of aromatic nitrogens is 1. The standard InChI is InChI=1S/C13H16N2O3/c1-9-6-12(15-2-4-17-5-3-15)13-11(14-9)7-10(8-16)18-13/h6-7,16H,2-5,8H2,1H3. The second kappa shape index (κ2) is 4.59. The first-order chi connectivity index (χ1) is 8.78. The van der Waals surface area contributed by atoms with Gasteiger partial charge in [-0.2, -0.15) is 0 Å². The molecule has 3 heterocycles. The Labute approximate surface area is 105 Å².